The molecule has 6 nitrogen and oxygen atoms in total. The van der Waals surface area contributed by atoms with E-state index in [1.54, 1.807) is 10.6 Å². The summed E-state index contributed by atoms with van der Waals surface area (Å²) in [6.45, 7) is 2.46. The van der Waals surface area contributed by atoms with Crippen molar-refractivity contribution < 1.29 is 14.3 Å². The number of nitrogens with zero attached hydrogens (tertiary/aromatic N) is 2. The average Bonchev–Trinajstić information content (AvgIpc) is 3.56. The quantitative estimate of drug-likeness (QED) is 0.433. The summed E-state index contributed by atoms with van der Waals surface area (Å²) in [7, 11) is 0. The molecule has 0 atom stereocenters. The van der Waals surface area contributed by atoms with Crippen LogP contribution in [0.3, 0.4) is 0 Å². The number of aryl methyl sites for hydroxylation is 2. The van der Waals surface area contributed by atoms with Crippen molar-refractivity contribution >= 4 is 16.9 Å². The number of rotatable bonds is 8. The molecular formula is C23H24N2O4. The number of carbonyl (C=O) groups is 1. The van der Waals surface area contributed by atoms with Gasteiger partial charge in [0.05, 0.1) is 17.3 Å². The Balaban J connectivity index is 1.34. The molecule has 0 radical (unpaired) electrons. The van der Waals surface area contributed by atoms with E-state index in [4.69, 9.17) is 9.47 Å². The number of hydrogen-bond donors (Lipinski definition) is 0. The van der Waals surface area contributed by atoms with Crippen LogP contribution in [0.1, 0.15) is 36.7 Å². The van der Waals surface area contributed by atoms with Gasteiger partial charge in [-0.2, -0.15) is 0 Å². The second-order valence-electron chi connectivity index (χ2n) is 7.29. The second-order valence-corrected chi connectivity index (χ2v) is 7.29. The lowest BCUT2D eigenvalue weighted by Gasteiger charge is -2.13. The Bertz CT molecular complexity index is 1090. The van der Waals surface area contributed by atoms with Gasteiger partial charge in [0.1, 0.15) is 24.8 Å². The predicted octanol–water partition coefficient (Wildman–Crippen LogP) is 3.59. The summed E-state index contributed by atoms with van der Waals surface area (Å²) < 4.78 is 12.7. The van der Waals surface area contributed by atoms with Gasteiger partial charge in [0, 0.05) is 12.5 Å². The number of aromatic nitrogens is 2. The Kier molecular flexibility index (Phi) is 5.60. The van der Waals surface area contributed by atoms with Crippen LogP contribution in [0.25, 0.3) is 10.9 Å². The minimum Gasteiger partial charge on any atom is -0.490 e. The third kappa shape index (κ3) is 4.47. The summed E-state index contributed by atoms with van der Waals surface area (Å²) in [5.41, 5.74) is 1.69. The van der Waals surface area contributed by atoms with Crippen molar-refractivity contribution in [2.45, 2.75) is 38.6 Å². The Labute approximate surface area is 169 Å². The molecule has 1 fully saturated rings. The highest BCUT2D eigenvalue weighted by atomic mass is 16.6. The van der Waals surface area contributed by atoms with Gasteiger partial charge in [-0.05, 0) is 43.5 Å². The molecule has 0 unspecified atom stereocenters. The van der Waals surface area contributed by atoms with E-state index in [0.717, 1.165) is 24.2 Å². The third-order valence-electron chi connectivity index (χ3n) is 5.04. The van der Waals surface area contributed by atoms with E-state index in [2.05, 4.69) is 4.98 Å². The number of esters is 1. The molecule has 1 heterocycles. The lowest BCUT2D eigenvalue weighted by molar-refractivity contribution is -0.144. The van der Waals surface area contributed by atoms with Gasteiger partial charge in [-0.1, -0.05) is 30.3 Å². The summed E-state index contributed by atoms with van der Waals surface area (Å²) in [6.07, 6.45) is 2.52. The maximum Gasteiger partial charge on any atom is 0.306 e. The molecule has 0 bridgehead atoms. The van der Waals surface area contributed by atoms with E-state index in [9.17, 15) is 9.59 Å². The van der Waals surface area contributed by atoms with E-state index in [-0.39, 0.29) is 30.6 Å². The minimum atomic E-state index is -0.317. The molecule has 1 aromatic heterocycles. The van der Waals surface area contributed by atoms with Gasteiger partial charge in [0.15, 0.2) is 0 Å². The van der Waals surface area contributed by atoms with Gasteiger partial charge in [0.2, 0.25) is 0 Å². The zero-order valence-electron chi connectivity index (χ0n) is 16.5. The summed E-state index contributed by atoms with van der Waals surface area (Å²) >= 11 is 0. The van der Waals surface area contributed by atoms with Crippen LogP contribution in [-0.2, 0) is 16.0 Å². The smallest absolute Gasteiger partial charge is 0.306 e. The molecular weight excluding hydrogens is 368 g/mol. The van der Waals surface area contributed by atoms with Crippen molar-refractivity contribution in [2.24, 2.45) is 0 Å². The topological polar surface area (TPSA) is 70.4 Å². The molecule has 4 rings (SSSR count). The van der Waals surface area contributed by atoms with Gasteiger partial charge in [0.25, 0.3) is 5.56 Å². The maximum atomic E-state index is 12.8. The van der Waals surface area contributed by atoms with Crippen LogP contribution < -0.4 is 10.3 Å². The number of carbonyl (C=O) groups excluding carboxylic acids is 1. The second kappa shape index (κ2) is 8.47. The highest BCUT2D eigenvalue weighted by Crippen LogP contribution is 2.34. The highest BCUT2D eigenvalue weighted by molar-refractivity contribution is 5.77. The van der Waals surface area contributed by atoms with E-state index in [1.807, 2.05) is 49.4 Å². The first-order valence-electron chi connectivity index (χ1n) is 9.97. The summed E-state index contributed by atoms with van der Waals surface area (Å²) in [5.74, 6) is 1.13. The number of fused-ring (bicyclic) bond motifs is 1. The van der Waals surface area contributed by atoms with Crippen molar-refractivity contribution in [3.8, 4) is 5.75 Å². The molecule has 0 saturated heterocycles. The van der Waals surface area contributed by atoms with Crippen LogP contribution >= 0.6 is 0 Å². The lowest BCUT2D eigenvalue weighted by Crippen LogP contribution is -2.25. The standard InChI is InChI=1S/C23H24N2O4/c1-16-6-2-5-9-20(16)28-14-15-29-22(26)13-12-21-24-19-8-4-3-7-18(19)23(27)25(21)17-10-11-17/h2-9,17H,10-15H2,1H3. The summed E-state index contributed by atoms with van der Waals surface area (Å²) in [5, 5.41) is 0.624. The van der Waals surface area contributed by atoms with Crippen LogP contribution in [0.5, 0.6) is 5.75 Å². The van der Waals surface area contributed by atoms with Gasteiger partial charge in [-0.3, -0.25) is 14.2 Å². The van der Waals surface area contributed by atoms with Crippen molar-refractivity contribution in [2.75, 3.05) is 13.2 Å². The fraction of sp³-hybridized carbons (Fsp3) is 0.348. The lowest BCUT2D eigenvalue weighted by atomic mass is 10.2. The molecule has 0 aliphatic heterocycles. The Morgan fingerprint density at radius 2 is 1.86 bits per heavy atom. The normalized spacial score (nSPS) is 13.4. The molecule has 1 aliphatic rings. The summed E-state index contributed by atoms with van der Waals surface area (Å²) in [6, 6.07) is 15.3. The van der Waals surface area contributed by atoms with E-state index >= 15 is 0 Å². The minimum absolute atomic E-state index is 0.0203. The van der Waals surface area contributed by atoms with Gasteiger partial charge >= 0.3 is 5.97 Å². The van der Waals surface area contributed by atoms with Gasteiger partial charge in [-0.25, -0.2) is 4.98 Å². The average molecular weight is 392 g/mol. The molecule has 150 valence electrons. The first-order chi connectivity index (χ1) is 14.1. The van der Waals surface area contributed by atoms with Crippen molar-refractivity contribution in [1.29, 1.82) is 0 Å². The zero-order chi connectivity index (χ0) is 20.2. The number of hydrogen-bond acceptors (Lipinski definition) is 5. The molecule has 2 aromatic carbocycles. The van der Waals surface area contributed by atoms with Crippen LogP contribution in [-0.4, -0.2) is 28.7 Å². The largest absolute Gasteiger partial charge is 0.490 e. The molecule has 0 amide bonds. The van der Waals surface area contributed by atoms with Gasteiger partial charge < -0.3 is 9.47 Å². The van der Waals surface area contributed by atoms with Gasteiger partial charge in [-0.15, -0.1) is 0 Å². The van der Waals surface area contributed by atoms with Crippen molar-refractivity contribution in [3.63, 3.8) is 0 Å². The van der Waals surface area contributed by atoms with Crippen LogP contribution in [0.4, 0.5) is 0 Å². The monoisotopic (exact) mass is 392 g/mol. The Morgan fingerprint density at radius 1 is 1.10 bits per heavy atom. The number of benzene rings is 2. The fourth-order valence-electron chi connectivity index (χ4n) is 3.39. The molecule has 1 aliphatic carbocycles. The Hall–Kier alpha value is -3.15. The molecule has 0 spiro atoms. The highest BCUT2D eigenvalue weighted by Gasteiger charge is 2.28. The van der Waals surface area contributed by atoms with E-state index < -0.39 is 0 Å². The molecule has 6 heteroatoms. The predicted molar refractivity (Wildman–Crippen MR) is 110 cm³/mol. The first-order valence-corrected chi connectivity index (χ1v) is 9.97. The summed E-state index contributed by atoms with van der Waals surface area (Å²) in [4.78, 5) is 29.6. The number of para-hydroxylation sites is 2. The molecule has 0 N–H and O–H groups in total. The molecule has 1 saturated carbocycles. The first kappa shape index (κ1) is 19.2. The third-order valence-corrected chi connectivity index (χ3v) is 5.04. The van der Waals surface area contributed by atoms with Crippen LogP contribution in [0, 0.1) is 6.92 Å². The SMILES string of the molecule is Cc1ccccc1OCCOC(=O)CCc1nc2ccccc2c(=O)n1C1CC1. The zero-order valence-corrected chi connectivity index (χ0v) is 16.5. The van der Waals surface area contributed by atoms with Crippen molar-refractivity contribution in [3.05, 3.63) is 70.3 Å². The van der Waals surface area contributed by atoms with Crippen LogP contribution in [0.2, 0.25) is 0 Å². The van der Waals surface area contributed by atoms with E-state index in [0.29, 0.717) is 29.8 Å². The molecule has 29 heavy (non-hydrogen) atoms. The maximum absolute atomic E-state index is 12.8. The fourth-order valence-corrected chi connectivity index (χ4v) is 3.39. The number of ether oxygens (including phenoxy) is 2. The van der Waals surface area contributed by atoms with Crippen LogP contribution in [0.15, 0.2) is 53.3 Å². The molecule has 3 aromatic rings. The van der Waals surface area contributed by atoms with Crippen molar-refractivity contribution in [1.82, 2.24) is 9.55 Å². The van der Waals surface area contributed by atoms with E-state index in [1.165, 1.54) is 0 Å². The Morgan fingerprint density at radius 3 is 2.66 bits per heavy atom.